The fourth-order valence-corrected chi connectivity index (χ4v) is 4.04. The van der Waals surface area contributed by atoms with E-state index >= 15 is 0 Å². The zero-order valence-electron chi connectivity index (χ0n) is 13.9. The van der Waals surface area contributed by atoms with Crippen molar-refractivity contribution in [2.75, 3.05) is 36.8 Å². The Hall–Kier alpha value is -1.93. The van der Waals surface area contributed by atoms with Crippen LogP contribution in [0.3, 0.4) is 0 Å². The summed E-state index contributed by atoms with van der Waals surface area (Å²) >= 11 is 0. The number of anilines is 2. The van der Waals surface area contributed by atoms with Crippen molar-refractivity contribution in [1.29, 1.82) is 0 Å². The Morgan fingerprint density at radius 1 is 1.12 bits per heavy atom. The summed E-state index contributed by atoms with van der Waals surface area (Å²) in [6.45, 7) is 3.63. The van der Waals surface area contributed by atoms with E-state index in [0.717, 1.165) is 37.3 Å². The van der Waals surface area contributed by atoms with Gasteiger partial charge in [-0.2, -0.15) is 15.1 Å². The highest BCUT2D eigenvalue weighted by Gasteiger charge is 2.33. The highest BCUT2D eigenvalue weighted by Crippen LogP contribution is 2.28. The molecule has 0 amide bonds. The lowest BCUT2D eigenvalue weighted by Crippen LogP contribution is -2.54. The summed E-state index contributed by atoms with van der Waals surface area (Å²) < 4.78 is 0. The van der Waals surface area contributed by atoms with Crippen molar-refractivity contribution in [3.8, 4) is 0 Å². The van der Waals surface area contributed by atoms with Gasteiger partial charge in [-0.15, -0.1) is 0 Å². The number of hydrogen-bond acceptors (Lipinski definition) is 7. The minimum absolute atomic E-state index is 0.228. The van der Waals surface area contributed by atoms with Crippen LogP contribution in [0.25, 0.3) is 11.0 Å². The molecule has 0 radical (unpaired) electrons. The number of aliphatic hydroxyl groups is 1. The number of aliphatic hydroxyl groups excluding tert-OH is 1. The van der Waals surface area contributed by atoms with Gasteiger partial charge in [-0.1, -0.05) is 12.8 Å². The number of nitrogens with two attached hydrogens (primary N) is 1. The predicted octanol–water partition coefficient (Wildman–Crippen LogP) is 0.751. The molecule has 2 saturated heterocycles. The second-order valence-electron chi connectivity index (χ2n) is 6.86. The van der Waals surface area contributed by atoms with E-state index in [2.05, 4.69) is 30.0 Å². The fraction of sp³-hybridized carbons (Fsp3) is 0.688. The molecule has 4 rings (SSSR count). The standard InChI is InChI=1S/C16H25N7O/c17-16-19-14-11(9-18-21-14)15(20-16)23-8-5-12(13(24)10-23)22-6-3-1-2-4-7-22/h9,12-13,24H,1-8,10H2,(H3,17,18,19,20,21)/t12-,13-/m1/s1. The Morgan fingerprint density at radius 3 is 2.67 bits per heavy atom. The van der Waals surface area contributed by atoms with Crippen LogP contribution in [0.15, 0.2) is 6.20 Å². The lowest BCUT2D eigenvalue weighted by Gasteiger charge is -2.42. The van der Waals surface area contributed by atoms with Gasteiger partial charge in [0.1, 0.15) is 5.82 Å². The Labute approximate surface area is 141 Å². The molecule has 2 aromatic rings. The highest BCUT2D eigenvalue weighted by atomic mass is 16.3. The molecule has 0 spiro atoms. The molecular formula is C16H25N7O. The number of fused-ring (bicyclic) bond motifs is 1. The third-order valence-corrected chi connectivity index (χ3v) is 5.26. The molecule has 2 aromatic heterocycles. The average molecular weight is 331 g/mol. The first kappa shape index (κ1) is 15.6. The van der Waals surface area contributed by atoms with Crippen molar-refractivity contribution >= 4 is 22.8 Å². The van der Waals surface area contributed by atoms with Gasteiger partial charge in [0.25, 0.3) is 0 Å². The number of nitrogens with zero attached hydrogens (tertiary/aromatic N) is 5. The van der Waals surface area contributed by atoms with Crippen LogP contribution in [-0.4, -0.2) is 68.5 Å². The molecule has 0 aliphatic carbocycles. The van der Waals surface area contributed by atoms with Crippen LogP contribution in [0, 0.1) is 0 Å². The lowest BCUT2D eigenvalue weighted by molar-refractivity contribution is 0.0384. The monoisotopic (exact) mass is 331 g/mol. The van der Waals surface area contributed by atoms with E-state index in [-0.39, 0.29) is 18.1 Å². The number of hydrogen-bond donors (Lipinski definition) is 3. The maximum atomic E-state index is 10.8. The Kier molecular flexibility index (Phi) is 4.24. The minimum Gasteiger partial charge on any atom is -0.390 e. The summed E-state index contributed by atoms with van der Waals surface area (Å²) in [5.41, 5.74) is 6.46. The Balaban J connectivity index is 1.52. The molecule has 2 atom stereocenters. The zero-order valence-corrected chi connectivity index (χ0v) is 13.9. The van der Waals surface area contributed by atoms with Gasteiger partial charge in [0.15, 0.2) is 5.65 Å². The van der Waals surface area contributed by atoms with Crippen molar-refractivity contribution in [3.05, 3.63) is 6.20 Å². The van der Waals surface area contributed by atoms with E-state index in [1.54, 1.807) is 6.20 Å². The molecule has 4 heterocycles. The summed E-state index contributed by atoms with van der Waals surface area (Å²) in [6, 6.07) is 0.248. The van der Waals surface area contributed by atoms with Crippen molar-refractivity contribution in [2.45, 2.75) is 44.2 Å². The molecule has 24 heavy (non-hydrogen) atoms. The van der Waals surface area contributed by atoms with Gasteiger partial charge in [0, 0.05) is 19.1 Å². The number of likely N-dealkylation sites (tertiary alicyclic amines) is 1. The van der Waals surface area contributed by atoms with E-state index in [9.17, 15) is 5.11 Å². The maximum absolute atomic E-state index is 10.8. The quantitative estimate of drug-likeness (QED) is 0.745. The van der Waals surface area contributed by atoms with Gasteiger partial charge < -0.3 is 15.7 Å². The number of nitrogens with one attached hydrogen (secondary N) is 1. The molecule has 8 nitrogen and oxygen atoms in total. The summed E-state index contributed by atoms with van der Waals surface area (Å²) in [4.78, 5) is 13.1. The largest absolute Gasteiger partial charge is 0.390 e. The summed E-state index contributed by atoms with van der Waals surface area (Å²) in [7, 11) is 0. The van der Waals surface area contributed by atoms with E-state index in [4.69, 9.17) is 5.73 Å². The highest BCUT2D eigenvalue weighted by molar-refractivity contribution is 5.87. The fourth-order valence-electron chi connectivity index (χ4n) is 4.04. The number of H-pyrrole nitrogens is 1. The number of β-amino-alcohol motifs (C(OH)–C–C–N with tert-alkyl or cyclic N) is 1. The Bertz CT molecular complexity index is 695. The third kappa shape index (κ3) is 2.91. The number of nitrogen functional groups attached to an aromatic ring is 1. The number of aromatic amines is 1. The second kappa shape index (κ2) is 6.52. The lowest BCUT2D eigenvalue weighted by atomic mass is 9.99. The van der Waals surface area contributed by atoms with Gasteiger partial charge in [-0.05, 0) is 32.4 Å². The predicted molar refractivity (Wildman–Crippen MR) is 92.8 cm³/mol. The van der Waals surface area contributed by atoms with Gasteiger partial charge in [-0.25, -0.2) is 0 Å². The van der Waals surface area contributed by atoms with Crippen LogP contribution in [0.4, 0.5) is 11.8 Å². The van der Waals surface area contributed by atoms with E-state index in [0.29, 0.717) is 12.2 Å². The molecule has 8 heteroatoms. The molecule has 0 aromatic carbocycles. The molecule has 4 N–H and O–H groups in total. The molecular weight excluding hydrogens is 306 g/mol. The smallest absolute Gasteiger partial charge is 0.224 e. The Morgan fingerprint density at radius 2 is 1.92 bits per heavy atom. The summed E-state index contributed by atoms with van der Waals surface area (Å²) in [5.74, 6) is 0.991. The first-order chi connectivity index (χ1) is 11.7. The van der Waals surface area contributed by atoms with Crippen molar-refractivity contribution in [1.82, 2.24) is 25.1 Å². The first-order valence-corrected chi connectivity index (χ1v) is 8.86. The summed E-state index contributed by atoms with van der Waals surface area (Å²) in [5, 5.41) is 18.5. The van der Waals surface area contributed by atoms with Gasteiger partial charge in [0.2, 0.25) is 5.95 Å². The SMILES string of the molecule is Nc1nc(N2CC[C@@H](N3CCCCCC3)[C@H](O)C2)c2cn[nH]c2n1. The van der Waals surface area contributed by atoms with Crippen molar-refractivity contribution < 1.29 is 5.11 Å². The van der Waals surface area contributed by atoms with Crippen molar-refractivity contribution in [2.24, 2.45) is 0 Å². The molecule has 0 saturated carbocycles. The number of rotatable bonds is 2. The molecule has 0 bridgehead atoms. The number of piperidine rings is 1. The van der Waals surface area contributed by atoms with Crippen LogP contribution in [-0.2, 0) is 0 Å². The van der Waals surface area contributed by atoms with Crippen LogP contribution >= 0.6 is 0 Å². The van der Waals surface area contributed by atoms with Crippen LogP contribution in [0.2, 0.25) is 0 Å². The van der Waals surface area contributed by atoms with E-state index in [1.807, 2.05) is 0 Å². The van der Waals surface area contributed by atoms with Gasteiger partial charge in [-0.3, -0.25) is 10.00 Å². The zero-order chi connectivity index (χ0) is 16.5. The maximum Gasteiger partial charge on any atom is 0.224 e. The first-order valence-electron chi connectivity index (χ1n) is 8.86. The average Bonchev–Trinajstić information content (AvgIpc) is 2.87. The van der Waals surface area contributed by atoms with Crippen LogP contribution in [0.1, 0.15) is 32.1 Å². The molecule has 0 unspecified atom stereocenters. The van der Waals surface area contributed by atoms with E-state index in [1.165, 1.54) is 25.7 Å². The molecule has 2 aliphatic heterocycles. The van der Waals surface area contributed by atoms with Gasteiger partial charge in [0.05, 0.1) is 17.7 Å². The number of aromatic nitrogens is 4. The van der Waals surface area contributed by atoms with Crippen LogP contribution in [0.5, 0.6) is 0 Å². The molecule has 130 valence electrons. The van der Waals surface area contributed by atoms with Gasteiger partial charge >= 0.3 is 0 Å². The van der Waals surface area contributed by atoms with E-state index < -0.39 is 0 Å². The third-order valence-electron chi connectivity index (χ3n) is 5.26. The normalized spacial score (nSPS) is 26.6. The van der Waals surface area contributed by atoms with Crippen molar-refractivity contribution in [3.63, 3.8) is 0 Å². The molecule has 2 aliphatic rings. The molecule has 2 fully saturated rings. The topological polar surface area (TPSA) is 107 Å². The second-order valence-corrected chi connectivity index (χ2v) is 6.86. The minimum atomic E-state index is -0.380. The summed E-state index contributed by atoms with van der Waals surface area (Å²) in [6.07, 6.45) is 7.38. The van der Waals surface area contributed by atoms with Crippen LogP contribution < -0.4 is 10.6 Å².